The summed E-state index contributed by atoms with van der Waals surface area (Å²) in [4.78, 5) is 25.0. The monoisotopic (exact) mass is 612 g/mol. The van der Waals surface area contributed by atoms with Crippen LogP contribution in [0.5, 0.6) is 0 Å². The summed E-state index contributed by atoms with van der Waals surface area (Å²) in [6.45, 7) is 18.4. The Morgan fingerprint density at radius 1 is 1.07 bits per heavy atom. The van der Waals surface area contributed by atoms with Crippen LogP contribution in [-0.2, 0) is 23.2 Å². The highest BCUT2D eigenvalue weighted by atomic mass is 32.2. The molecule has 0 bridgehead atoms. The molecule has 0 aromatic heterocycles. The molecule has 0 radical (unpaired) electrons. The summed E-state index contributed by atoms with van der Waals surface area (Å²) in [5.41, 5.74) is 0.477. The van der Waals surface area contributed by atoms with Crippen molar-refractivity contribution in [2.24, 2.45) is 11.8 Å². The highest BCUT2D eigenvalue weighted by Crippen LogP contribution is 2.43. The molecule has 1 aliphatic rings. The van der Waals surface area contributed by atoms with Gasteiger partial charge in [0.15, 0.2) is 18.1 Å². The number of methoxy groups -OCH3 is 1. The Hall–Kier alpha value is -0.836. The second kappa shape index (κ2) is 19.4. The predicted octanol–water partition coefficient (Wildman–Crippen LogP) is 9.08. The topological polar surface area (TPSA) is 61.8 Å². The number of allylic oxidation sites excluding steroid dienone is 4. The van der Waals surface area contributed by atoms with Crippen molar-refractivity contribution in [3.05, 3.63) is 22.8 Å². The molecule has 0 N–H and O–H groups in total. The first-order valence-electron chi connectivity index (χ1n) is 15.8. The quantitative estimate of drug-likeness (QED) is 0.0591. The number of ether oxygens (including phenoxy) is 2. The molecule has 40 heavy (non-hydrogen) atoms. The van der Waals surface area contributed by atoms with Crippen LogP contribution in [0.3, 0.4) is 0 Å². The number of esters is 2. The Morgan fingerprint density at radius 2 is 1.80 bits per heavy atom. The van der Waals surface area contributed by atoms with E-state index in [9.17, 15) is 9.59 Å². The minimum Gasteiger partial charge on any atom is -0.469 e. The average Bonchev–Trinajstić information content (AvgIpc) is 3.26. The van der Waals surface area contributed by atoms with E-state index in [0.717, 1.165) is 50.0 Å². The first kappa shape index (κ1) is 37.2. The lowest BCUT2D eigenvalue weighted by Crippen LogP contribution is -2.39. The van der Waals surface area contributed by atoms with E-state index < -0.39 is 18.1 Å². The summed E-state index contributed by atoms with van der Waals surface area (Å²) in [6, 6.07) is 0. The highest BCUT2D eigenvalue weighted by molar-refractivity contribution is 8.03. The molecule has 1 rings (SSSR count). The van der Waals surface area contributed by atoms with Crippen LogP contribution >= 0.6 is 11.8 Å². The van der Waals surface area contributed by atoms with Crippen LogP contribution in [0.25, 0.3) is 0 Å². The number of hydrogen-bond donors (Lipinski definition) is 0. The number of carbonyl (C=O) groups excluding carboxylic acids is 2. The minimum absolute atomic E-state index is 0.116. The molecule has 0 heterocycles. The van der Waals surface area contributed by atoms with E-state index in [1.807, 2.05) is 18.7 Å². The normalized spacial score (nSPS) is 18.2. The van der Waals surface area contributed by atoms with Crippen LogP contribution in [-0.4, -0.2) is 42.9 Å². The number of unbranched alkanes of at least 4 members (excludes halogenated alkanes) is 3. The van der Waals surface area contributed by atoms with Crippen molar-refractivity contribution in [1.29, 1.82) is 0 Å². The molecule has 0 aromatic carbocycles. The molecule has 232 valence electrons. The van der Waals surface area contributed by atoms with Crippen LogP contribution < -0.4 is 0 Å². The van der Waals surface area contributed by atoms with E-state index in [2.05, 4.69) is 59.9 Å². The molecule has 3 atom stereocenters. The number of carbonyl (C=O) groups is 2. The van der Waals surface area contributed by atoms with Crippen molar-refractivity contribution in [3.63, 3.8) is 0 Å². The molecule has 0 spiro atoms. The highest BCUT2D eigenvalue weighted by Gasteiger charge is 2.35. The maximum atomic E-state index is 12.4. The van der Waals surface area contributed by atoms with Gasteiger partial charge in [0.25, 0.3) is 0 Å². The van der Waals surface area contributed by atoms with Gasteiger partial charge in [-0.3, -0.25) is 9.59 Å². The van der Waals surface area contributed by atoms with Crippen molar-refractivity contribution in [3.8, 4) is 0 Å². The van der Waals surface area contributed by atoms with Crippen molar-refractivity contribution >= 4 is 41.8 Å². The maximum Gasteiger partial charge on any atom is 0.310 e. The fraction of sp³-hybridized carbons (Fsp3) is 0.812. The fourth-order valence-corrected chi connectivity index (χ4v) is 11.8. The van der Waals surface area contributed by atoms with E-state index in [1.165, 1.54) is 37.7 Å². The standard InChI is InChI=1S/C32H60O5SSi2/c1-10-12-17-25(3)24-27(40(8,9)37-39-32(4,5)6)21-19-26-20-22-28(36-30(34)16-11-2)31(26)38-23-15-13-14-18-29(33)35-7/h19,21,25-27H,10-18,20,22-24,39H2,1-9H3/b21-19+/t25-,26+,27-/m1/s1. The van der Waals surface area contributed by atoms with Crippen molar-refractivity contribution in [2.75, 3.05) is 12.9 Å². The van der Waals surface area contributed by atoms with Crippen LogP contribution in [0.1, 0.15) is 119 Å². The second-order valence-electron chi connectivity index (χ2n) is 13.3. The van der Waals surface area contributed by atoms with Gasteiger partial charge >= 0.3 is 11.9 Å². The van der Waals surface area contributed by atoms with E-state index in [4.69, 9.17) is 13.6 Å². The van der Waals surface area contributed by atoms with Crippen molar-refractivity contribution < 1.29 is 23.2 Å². The third-order valence-corrected chi connectivity index (χ3v) is 15.5. The second-order valence-corrected chi connectivity index (χ2v) is 22.0. The van der Waals surface area contributed by atoms with E-state index in [0.29, 0.717) is 35.3 Å². The molecular weight excluding hydrogens is 553 g/mol. The van der Waals surface area contributed by atoms with E-state index in [-0.39, 0.29) is 11.9 Å². The lowest BCUT2D eigenvalue weighted by atomic mass is 9.98. The molecule has 0 aromatic rings. The first-order chi connectivity index (χ1) is 18.8. The van der Waals surface area contributed by atoms with Gasteiger partial charge in [-0.05, 0) is 67.4 Å². The van der Waals surface area contributed by atoms with Gasteiger partial charge < -0.3 is 13.6 Å². The van der Waals surface area contributed by atoms with Gasteiger partial charge in [-0.2, -0.15) is 0 Å². The zero-order valence-electron chi connectivity index (χ0n) is 27.2. The van der Waals surface area contributed by atoms with Gasteiger partial charge in [0.2, 0.25) is 0 Å². The zero-order valence-corrected chi connectivity index (χ0v) is 30.5. The van der Waals surface area contributed by atoms with Gasteiger partial charge in [-0.15, -0.1) is 11.8 Å². The Bertz CT molecular complexity index is 819. The van der Waals surface area contributed by atoms with Crippen molar-refractivity contribution in [2.45, 2.75) is 142 Å². The van der Waals surface area contributed by atoms with Gasteiger partial charge in [-0.1, -0.05) is 79.4 Å². The van der Waals surface area contributed by atoms with Gasteiger partial charge in [0, 0.05) is 30.1 Å². The maximum absolute atomic E-state index is 12.4. The summed E-state index contributed by atoms with van der Waals surface area (Å²) in [6.07, 6.45) is 16.3. The predicted molar refractivity (Wildman–Crippen MR) is 177 cm³/mol. The largest absolute Gasteiger partial charge is 0.469 e. The summed E-state index contributed by atoms with van der Waals surface area (Å²) < 4.78 is 17.5. The molecular formula is C32H60O5SSi2. The van der Waals surface area contributed by atoms with Crippen LogP contribution in [0.4, 0.5) is 0 Å². The molecule has 5 nitrogen and oxygen atoms in total. The van der Waals surface area contributed by atoms with Crippen LogP contribution in [0.15, 0.2) is 22.8 Å². The van der Waals surface area contributed by atoms with Gasteiger partial charge in [0.1, 0.15) is 5.76 Å². The smallest absolute Gasteiger partial charge is 0.310 e. The third kappa shape index (κ3) is 15.4. The zero-order chi connectivity index (χ0) is 30.2. The van der Waals surface area contributed by atoms with E-state index >= 15 is 0 Å². The van der Waals surface area contributed by atoms with Crippen LogP contribution in [0.2, 0.25) is 23.7 Å². The summed E-state index contributed by atoms with van der Waals surface area (Å²) in [7, 11) is -1.09. The number of rotatable bonds is 20. The molecule has 0 saturated carbocycles. The van der Waals surface area contributed by atoms with Gasteiger partial charge in [-0.25, -0.2) is 0 Å². The summed E-state index contributed by atoms with van der Waals surface area (Å²) in [5, 5.41) is 0.290. The minimum atomic E-state index is -1.92. The average molecular weight is 613 g/mol. The Kier molecular flexibility index (Phi) is 18.0. The molecule has 0 saturated heterocycles. The Morgan fingerprint density at radius 3 is 2.42 bits per heavy atom. The lowest BCUT2D eigenvalue weighted by molar-refractivity contribution is -0.141. The molecule has 1 aliphatic carbocycles. The molecule has 0 amide bonds. The first-order valence-corrected chi connectivity index (χ1v) is 21.0. The Labute approximate surface area is 254 Å². The van der Waals surface area contributed by atoms with Gasteiger partial charge in [0.05, 0.1) is 7.11 Å². The molecule has 0 unspecified atom stereocenters. The number of hydrogen-bond acceptors (Lipinski definition) is 6. The lowest BCUT2D eigenvalue weighted by Gasteiger charge is -2.35. The SMILES string of the molecule is CCCC[C@@H](C)C[C@@H](/C=C/[C@H]1CCC(OC(=O)CCC)=C1SCCCCCC(=O)OC)[Si](C)(C)O[SiH2]C(C)(C)C. The number of thioether (sulfide) groups is 1. The van der Waals surface area contributed by atoms with E-state index in [1.54, 1.807) is 0 Å². The summed E-state index contributed by atoms with van der Waals surface area (Å²) >= 11 is 1.84. The molecule has 0 fully saturated rings. The third-order valence-electron chi connectivity index (χ3n) is 7.55. The summed E-state index contributed by atoms with van der Waals surface area (Å²) in [5.74, 6) is 2.57. The molecule has 0 aliphatic heterocycles. The fourth-order valence-electron chi connectivity index (χ4n) is 4.92. The van der Waals surface area contributed by atoms with Crippen molar-refractivity contribution in [1.82, 2.24) is 0 Å². The Balaban J connectivity index is 3.05. The van der Waals surface area contributed by atoms with Crippen LogP contribution in [0, 0.1) is 11.8 Å². The molecule has 8 heteroatoms.